The van der Waals surface area contributed by atoms with E-state index in [2.05, 4.69) is 217 Å². The third-order valence-electron chi connectivity index (χ3n) is 11.2. The van der Waals surface area contributed by atoms with Crippen LogP contribution in [-0.4, -0.2) is 9.97 Å². The van der Waals surface area contributed by atoms with E-state index in [1.807, 2.05) is 12.3 Å². The standard InChI is InChI=1S/C52H41N3/c1-51(2)48-35-39(27-31-46(48)47-32-30-45(36-49(47)51)55(44-21-13-6-14-22-44)50-37-53-33-34-54-50)24-23-38-25-28-43(29-26-38)52(40-15-7-3-8-16-40,41-17-9-4-10-18-41)42-19-11-5-12-20-42/h3-37H,1-2H3/b24-23+. The highest BCUT2D eigenvalue weighted by molar-refractivity contribution is 5.86. The highest BCUT2D eigenvalue weighted by Crippen LogP contribution is 2.51. The van der Waals surface area contributed by atoms with E-state index in [1.54, 1.807) is 12.4 Å². The second-order valence-corrected chi connectivity index (χ2v) is 14.7. The monoisotopic (exact) mass is 707 g/mol. The predicted molar refractivity (Wildman–Crippen MR) is 228 cm³/mol. The summed E-state index contributed by atoms with van der Waals surface area (Å²) in [4.78, 5) is 11.2. The molecule has 0 saturated heterocycles. The van der Waals surface area contributed by atoms with Crippen LogP contribution in [0.2, 0.25) is 0 Å². The summed E-state index contributed by atoms with van der Waals surface area (Å²) in [5.41, 5.74) is 14.0. The molecule has 0 N–H and O–H groups in total. The number of nitrogens with zero attached hydrogens (tertiary/aromatic N) is 3. The van der Waals surface area contributed by atoms with Crippen LogP contribution in [0.1, 0.15) is 58.4 Å². The minimum absolute atomic E-state index is 0.188. The summed E-state index contributed by atoms with van der Waals surface area (Å²) in [6.45, 7) is 4.67. The number of aromatic nitrogens is 2. The fraction of sp³-hybridized carbons (Fsp3) is 0.0769. The highest BCUT2D eigenvalue weighted by Gasteiger charge is 2.38. The molecule has 55 heavy (non-hydrogen) atoms. The molecular weight excluding hydrogens is 667 g/mol. The zero-order valence-corrected chi connectivity index (χ0v) is 31.0. The van der Waals surface area contributed by atoms with Crippen LogP contribution in [0.3, 0.4) is 0 Å². The van der Waals surface area contributed by atoms with Crippen LogP contribution < -0.4 is 4.90 Å². The number of para-hydroxylation sites is 1. The Kier molecular flexibility index (Phi) is 8.76. The molecule has 0 spiro atoms. The van der Waals surface area contributed by atoms with E-state index in [9.17, 15) is 0 Å². The van der Waals surface area contributed by atoms with Crippen molar-refractivity contribution in [3.63, 3.8) is 0 Å². The molecule has 0 amide bonds. The van der Waals surface area contributed by atoms with Gasteiger partial charge in [-0.15, -0.1) is 0 Å². The molecule has 0 radical (unpaired) electrons. The van der Waals surface area contributed by atoms with Crippen molar-refractivity contribution in [2.24, 2.45) is 0 Å². The summed E-state index contributed by atoms with van der Waals surface area (Å²) >= 11 is 0. The number of anilines is 3. The molecule has 3 heteroatoms. The van der Waals surface area contributed by atoms with E-state index in [1.165, 1.54) is 50.1 Å². The Labute approximate surface area is 324 Å². The SMILES string of the molecule is CC1(C)c2cc(/C=C/c3ccc(C(c4ccccc4)(c4ccccc4)c4ccccc4)cc3)ccc2-c2ccc(N(c3ccccc3)c3cnccn3)cc21. The van der Waals surface area contributed by atoms with Gasteiger partial charge in [0.2, 0.25) is 0 Å². The first-order valence-electron chi connectivity index (χ1n) is 18.9. The summed E-state index contributed by atoms with van der Waals surface area (Å²) < 4.78 is 0. The van der Waals surface area contributed by atoms with Crippen LogP contribution in [0.15, 0.2) is 201 Å². The van der Waals surface area contributed by atoms with Crippen molar-refractivity contribution < 1.29 is 0 Å². The Bertz CT molecular complexity index is 2450. The molecule has 1 aromatic heterocycles. The molecular formula is C52H41N3. The highest BCUT2D eigenvalue weighted by atomic mass is 15.2. The molecule has 7 aromatic carbocycles. The fourth-order valence-corrected chi connectivity index (χ4v) is 8.48. The van der Waals surface area contributed by atoms with Gasteiger partial charge in [-0.3, -0.25) is 9.88 Å². The maximum absolute atomic E-state index is 4.67. The van der Waals surface area contributed by atoms with Crippen molar-refractivity contribution in [1.82, 2.24) is 9.97 Å². The van der Waals surface area contributed by atoms with Crippen LogP contribution >= 0.6 is 0 Å². The molecule has 9 rings (SSSR count). The Morgan fingerprint density at radius 2 is 0.964 bits per heavy atom. The largest absolute Gasteiger partial charge is 0.294 e. The molecule has 3 nitrogen and oxygen atoms in total. The van der Waals surface area contributed by atoms with Crippen molar-refractivity contribution in [1.29, 1.82) is 0 Å². The van der Waals surface area contributed by atoms with Gasteiger partial charge < -0.3 is 0 Å². The van der Waals surface area contributed by atoms with Gasteiger partial charge in [0.15, 0.2) is 5.82 Å². The lowest BCUT2D eigenvalue weighted by atomic mass is 9.65. The number of fused-ring (bicyclic) bond motifs is 3. The van der Waals surface area contributed by atoms with E-state index in [0.29, 0.717) is 0 Å². The summed E-state index contributed by atoms with van der Waals surface area (Å²) in [6, 6.07) is 65.8. The van der Waals surface area contributed by atoms with E-state index in [0.717, 1.165) is 22.8 Å². The second-order valence-electron chi connectivity index (χ2n) is 14.7. The van der Waals surface area contributed by atoms with E-state index in [-0.39, 0.29) is 5.41 Å². The zero-order valence-electron chi connectivity index (χ0n) is 31.0. The van der Waals surface area contributed by atoms with Gasteiger partial charge in [0.25, 0.3) is 0 Å². The quantitative estimate of drug-likeness (QED) is 0.110. The third-order valence-corrected chi connectivity index (χ3v) is 11.2. The van der Waals surface area contributed by atoms with Gasteiger partial charge in [-0.1, -0.05) is 184 Å². The van der Waals surface area contributed by atoms with Gasteiger partial charge in [0, 0.05) is 29.2 Å². The molecule has 1 heterocycles. The zero-order chi connectivity index (χ0) is 37.2. The fourth-order valence-electron chi connectivity index (χ4n) is 8.48. The maximum Gasteiger partial charge on any atom is 0.156 e. The third kappa shape index (κ3) is 6.04. The van der Waals surface area contributed by atoms with Crippen molar-refractivity contribution in [2.75, 3.05) is 4.90 Å². The lowest BCUT2D eigenvalue weighted by molar-refractivity contribution is 0.660. The molecule has 0 aliphatic heterocycles. The predicted octanol–water partition coefficient (Wildman–Crippen LogP) is 12.8. The minimum Gasteiger partial charge on any atom is -0.294 e. The maximum atomic E-state index is 4.67. The van der Waals surface area contributed by atoms with Crippen molar-refractivity contribution >= 4 is 29.3 Å². The van der Waals surface area contributed by atoms with Crippen LogP contribution in [0.4, 0.5) is 17.2 Å². The van der Waals surface area contributed by atoms with Gasteiger partial charge in [0.1, 0.15) is 0 Å². The van der Waals surface area contributed by atoms with Crippen molar-refractivity contribution in [3.05, 3.63) is 245 Å². The van der Waals surface area contributed by atoms with Crippen LogP contribution in [0, 0.1) is 0 Å². The first-order chi connectivity index (χ1) is 27.0. The Hall–Kier alpha value is -6.84. The van der Waals surface area contributed by atoms with Crippen molar-refractivity contribution in [3.8, 4) is 11.1 Å². The molecule has 264 valence electrons. The minimum atomic E-state index is -0.459. The van der Waals surface area contributed by atoms with Gasteiger partial charge in [-0.2, -0.15) is 0 Å². The van der Waals surface area contributed by atoms with E-state index >= 15 is 0 Å². The summed E-state index contributed by atoms with van der Waals surface area (Å²) in [5, 5.41) is 0. The van der Waals surface area contributed by atoms with E-state index in [4.69, 9.17) is 0 Å². The molecule has 1 aliphatic rings. The summed E-state index contributed by atoms with van der Waals surface area (Å²) in [5.74, 6) is 0.785. The average Bonchev–Trinajstić information content (AvgIpc) is 3.47. The number of hydrogen-bond acceptors (Lipinski definition) is 3. The molecule has 0 unspecified atom stereocenters. The van der Waals surface area contributed by atoms with Gasteiger partial charge in [0.05, 0.1) is 11.6 Å². The molecule has 0 fully saturated rings. The number of hydrogen-bond donors (Lipinski definition) is 0. The average molecular weight is 708 g/mol. The molecule has 0 saturated carbocycles. The Morgan fingerprint density at radius 3 is 1.53 bits per heavy atom. The van der Waals surface area contributed by atoms with Crippen LogP contribution in [0.25, 0.3) is 23.3 Å². The second kappa shape index (κ2) is 14.2. The first kappa shape index (κ1) is 34.0. The van der Waals surface area contributed by atoms with Crippen LogP contribution in [0.5, 0.6) is 0 Å². The molecule has 8 aromatic rings. The van der Waals surface area contributed by atoms with Gasteiger partial charge in [-0.25, -0.2) is 4.98 Å². The number of benzene rings is 7. The normalized spacial score (nSPS) is 13.0. The Morgan fingerprint density at radius 1 is 0.473 bits per heavy atom. The van der Waals surface area contributed by atoms with Gasteiger partial charge in [-0.05, 0) is 79.9 Å². The lowest BCUT2D eigenvalue weighted by Gasteiger charge is -2.37. The van der Waals surface area contributed by atoms with Gasteiger partial charge >= 0.3 is 0 Å². The van der Waals surface area contributed by atoms with Crippen molar-refractivity contribution in [2.45, 2.75) is 24.7 Å². The topological polar surface area (TPSA) is 29.0 Å². The van der Waals surface area contributed by atoms with Crippen LogP contribution in [-0.2, 0) is 10.8 Å². The first-order valence-corrected chi connectivity index (χ1v) is 18.9. The molecule has 0 bridgehead atoms. The molecule has 1 aliphatic carbocycles. The summed E-state index contributed by atoms with van der Waals surface area (Å²) in [7, 11) is 0. The molecule has 0 atom stereocenters. The number of rotatable bonds is 9. The smallest absolute Gasteiger partial charge is 0.156 e. The summed E-state index contributed by atoms with van der Waals surface area (Å²) in [6.07, 6.45) is 9.74. The van der Waals surface area contributed by atoms with E-state index < -0.39 is 5.41 Å². The lowest BCUT2D eigenvalue weighted by Crippen LogP contribution is -2.30. The Balaban J connectivity index is 1.04.